The number of hydrogen-bond donors (Lipinski definition) is 0. The van der Waals surface area contributed by atoms with Crippen LogP contribution in [0.3, 0.4) is 0 Å². The summed E-state index contributed by atoms with van der Waals surface area (Å²) in [4.78, 5) is 9.75. The van der Waals surface area contributed by atoms with Gasteiger partial charge in [-0.2, -0.15) is 4.39 Å². The van der Waals surface area contributed by atoms with E-state index in [1.807, 2.05) is 0 Å². The molecule has 0 spiro atoms. The average molecular weight is 330 g/mol. The molecule has 0 amide bonds. The highest BCUT2D eigenvalue weighted by molar-refractivity contribution is 6.32. The maximum Gasteiger partial charge on any atom is 0.304 e. The lowest BCUT2D eigenvalue weighted by Gasteiger charge is -2.09. The molecule has 0 aliphatic rings. The summed E-state index contributed by atoms with van der Waals surface area (Å²) in [5.41, 5.74) is 0.759. The topological polar surface area (TPSA) is 52.4 Å². The molecule has 21 heavy (non-hydrogen) atoms. The average Bonchev–Trinajstić information content (AvgIpc) is 2.45. The van der Waals surface area contributed by atoms with Gasteiger partial charge in [-0.05, 0) is 35.4 Å². The molecular weight excluding hydrogens is 320 g/mol. The summed E-state index contributed by atoms with van der Waals surface area (Å²) < 4.78 is 18.9. The highest BCUT2D eigenvalue weighted by Crippen LogP contribution is 2.27. The van der Waals surface area contributed by atoms with E-state index in [9.17, 15) is 14.5 Å². The normalized spacial score (nSPS) is 10.4. The maximum absolute atomic E-state index is 13.5. The van der Waals surface area contributed by atoms with Crippen molar-refractivity contribution in [3.8, 4) is 5.75 Å². The van der Waals surface area contributed by atoms with Gasteiger partial charge in [-0.1, -0.05) is 17.7 Å². The van der Waals surface area contributed by atoms with E-state index in [-0.39, 0.29) is 6.61 Å². The van der Waals surface area contributed by atoms with E-state index in [1.165, 1.54) is 6.07 Å². The van der Waals surface area contributed by atoms with E-state index in [2.05, 4.69) is 0 Å². The number of rotatable bonds is 5. The third-order valence-electron chi connectivity index (χ3n) is 2.75. The molecule has 4 nitrogen and oxygen atoms in total. The maximum atomic E-state index is 13.5. The zero-order chi connectivity index (χ0) is 15.4. The molecule has 0 saturated heterocycles. The van der Waals surface area contributed by atoms with Crippen LogP contribution < -0.4 is 4.74 Å². The van der Waals surface area contributed by atoms with Crippen LogP contribution in [-0.2, 0) is 12.5 Å². The largest absolute Gasteiger partial charge is 0.487 e. The third-order valence-corrected chi connectivity index (χ3v) is 3.36. The lowest BCUT2D eigenvalue weighted by Crippen LogP contribution is -1.99. The molecule has 2 rings (SSSR count). The summed E-state index contributed by atoms with van der Waals surface area (Å²) in [6.07, 6.45) is 0. The Hall–Kier alpha value is -1.85. The van der Waals surface area contributed by atoms with Crippen molar-refractivity contribution in [1.82, 2.24) is 0 Å². The molecule has 2 aromatic carbocycles. The zero-order valence-corrected chi connectivity index (χ0v) is 12.2. The van der Waals surface area contributed by atoms with Crippen LogP contribution in [-0.4, -0.2) is 4.92 Å². The fraction of sp³-hybridized carbons (Fsp3) is 0.143. The number of halogens is 3. The molecule has 0 saturated carbocycles. The highest BCUT2D eigenvalue weighted by Gasteiger charge is 2.14. The lowest BCUT2D eigenvalue weighted by atomic mass is 10.2. The van der Waals surface area contributed by atoms with Crippen LogP contribution in [0.4, 0.5) is 10.1 Å². The molecule has 0 aromatic heterocycles. The predicted molar refractivity (Wildman–Crippen MR) is 78.4 cm³/mol. The lowest BCUT2D eigenvalue weighted by molar-refractivity contribution is -0.387. The second kappa shape index (κ2) is 6.74. The van der Waals surface area contributed by atoms with Crippen molar-refractivity contribution in [2.24, 2.45) is 0 Å². The van der Waals surface area contributed by atoms with Gasteiger partial charge >= 0.3 is 5.69 Å². The first kappa shape index (κ1) is 15.5. The van der Waals surface area contributed by atoms with Crippen molar-refractivity contribution in [2.75, 3.05) is 0 Å². The van der Waals surface area contributed by atoms with Crippen molar-refractivity contribution < 1.29 is 14.1 Å². The van der Waals surface area contributed by atoms with Gasteiger partial charge in [-0.3, -0.25) is 10.1 Å². The predicted octanol–water partition coefficient (Wildman–Crippen LogP) is 4.71. The van der Waals surface area contributed by atoms with Crippen molar-refractivity contribution in [3.05, 3.63) is 68.5 Å². The van der Waals surface area contributed by atoms with Crippen LogP contribution in [0.15, 0.2) is 36.4 Å². The van der Waals surface area contributed by atoms with Crippen LogP contribution in [0.1, 0.15) is 11.1 Å². The molecular formula is C14H10Cl2FNO3. The molecule has 0 aliphatic heterocycles. The van der Waals surface area contributed by atoms with Crippen LogP contribution in [0.5, 0.6) is 5.75 Å². The molecule has 0 atom stereocenters. The number of alkyl halides is 1. The van der Waals surface area contributed by atoms with Gasteiger partial charge in [-0.25, -0.2) is 0 Å². The zero-order valence-electron chi connectivity index (χ0n) is 10.7. The summed E-state index contributed by atoms with van der Waals surface area (Å²) in [7, 11) is 0. The minimum absolute atomic E-state index is 0.0505. The van der Waals surface area contributed by atoms with Gasteiger partial charge in [0.1, 0.15) is 12.4 Å². The Labute approximate surface area is 130 Å². The van der Waals surface area contributed by atoms with E-state index in [0.717, 1.165) is 17.7 Å². The summed E-state index contributed by atoms with van der Waals surface area (Å²) in [5.74, 6) is -0.123. The first-order valence-corrected chi connectivity index (χ1v) is 6.82. The van der Waals surface area contributed by atoms with Crippen LogP contribution in [0, 0.1) is 15.9 Å². The minimum atomic E-state index is -0.898. The fourth-order valence-electron chi connectivity index (χ4n) is 1.69. The molecule has 0 unspecified atom stereocenters. The standard InChI is InChI=1S/C14H10Cl2FNO3/c15-7-9-2-4-14(11(16)5-9)21-8-10-1-3-13(18(19)20)12(17)6-10/h1-6H,7-8H2. The Balaban J connectivity index is 2.10. The second-order valence-electron chi connectivity index (χ2n) is 4.23. The van der Waals surface area contributed by atoms with E-state index in [4.69, 9.17) is 27.9 Å². The third kappa shape index (κ3) is 3.83. The highest BCUT2D eigenvalue weighted by atomic mass is 35.5. The molecule has 2 aromatic rings. The Morgan fingerprint density at radius 2 is 1.90 bits per heavy atom. The van der Waals surface area contributed by atoms with Crippen LogP contribution in [0.25, 0.3) is 0 Å². The van der Waals surface area contributed by atoms with Gasteiger partial charge in [0.2, 0.25) is 5.82 Å². The van der Waals surface area contributed by atoms with Crippen LogP contribution >= 0.6 is 23.2 Å². The van der Waals surface area contributed by atoms with E-state index in [0.29, 0.717) is 22.2 Å². The smallest absolute Gasteiger partial charge is 0.304 e. The van der Waals surface area contributed by atoms with Crippen molar-refractivity contribution >= 4 is 28.9 Å². The number of nitro benzene ring substituents is 1. The molecule has 0 bridgehead atoms. The van der Waals surface area contributed by atoms with Gasteiger partial charge in [0.15, 0.2) is 0 Å². The van der Waals surface area contributed by atoms with Crippen molar-refractivity contribution in [2.45, 2.75) is 12.5 Å². The van der Waals surface area contributed by atoms with Gasteiger partial charge in [-0.15, -0.1) is 11.6 Å². The summed E-state index contributed by atoms with van der Waals surface area (Å²) in [5, 5.41) is 10.9. The van der Waals surface area contributed by atoms with Crippen molar-refractivity contribution in [1.29, 1.82) is 0 Å². The Kier molecular flexibility index (Phi) is 4.98. The summed E-state index contributed by atoms with van der Waals surface area (Å²) >= 11 is 11.7. The first-order valence-electron chi connectivity index (χ1n) is 5.91. The molecule has 0 fully saturated rings. The van der Waals surface area contributed by atoms with Crippen molar-refractivity contribution in [3.63, 3.8) is 0 Å². The molecule has 0 aliphatic carbocycles. The number of nitro groups is 1. The number of benzene rings is 2. The molecule has 7 heteroatoms. The second-order valence-corrected chi connectivity index (χ2v) is 4.90. The fourth-order valence-corrected chi connectivity index (χ4v) is 2.12. The monoisotopic (exact) mass is 329 g/mol. The Bertz CT molecular complexity index is 679. The first-order chi connectivity index (χ1) is 10.0. The molecule has 0 heterocycles. The SMILES string of the molecule is O=[N+]([O-])c1ccc(COc2ccc(CCl)cc2Cl)cc1F. The van der Waals surface area contributed by atoms with E-state index < -0.39 is 16.4 Å². The van der Waals surface area contributed by atoms with Gasteiger partial charge in [0.05, 0.1) is 9.95 Å². The summed E-state index contributed by atoms with van der Waals surface area (Å²) in [6, 6.07) is 8.72. The van der Waals surface area contributed by atoms with E-state index in [1.54, 1.807) is 18.2 Å². The number of ether oxygens (including phenoxy) is 1. The van der Waals surface area contributed by atoms with Gasteiger partial charge < -0.3 is 4.74 Å². The minimum Gasteiger partial charge on any atom is -0.487 e. The van der Waals surface area contributed by atoms with Gasteiger partial charge in [0.25, 0.3) is 0 Å². The summed E-state index contributed by atoms with van der Waals surface area (Å²) in [6.45, 7) is 0.0505. The number of nitrogens with zero attached hydrogens (tertiary/aromatic N) is 1. The van der Waals surface area contributed by atoms with Crippen LogP contribution in [0.2, 0.25) is 5.02 Å². The number of hydrogen-bond acceptors (Lipinski definition) is 3. The quantitative estimate of drug-likeness (QED) is 0.453. The van der Waals surface area contributed by atoms with E-state index >= 15 is 0 Å². The molecule has 0 N–H and O–H groups in total. The molecule has 110 valence electrons. The Morgan fingerprint density at radius 1 is 1.19 bits per heavy atom. The Morgan fingerprint density at radius 3 is 2.48 bits per heavy atom. The van der Waals surface area contributed by atoms with Gasteiger partial charge in [0, 0.05) is 11.9 Å². The molecule has 0 radical (unpaired) electrons.